The van der Waals surface area contributed by atoms with Gasteiger partial charge in [-0.3, -0.25) is 9.59 Å². The van der Waals surface area contributed by atoms with E-state index in [-0.39, 0.29) is 18.4 Å². The molecule has 1 aliphatic rings. The molecule has 0 spiro atoms. The van der Waals surface area contributed by atoms with E-state index in [0.29, 0.717) is 31.8 Å². The Morgan fingerprint density at radius 2 is 2.07 bits per heavy atom. The van der Waals surface area contributed by atoms with Crippen LogP contribution in [0, 0.1) is 0 Å². The summed E-state index contributed by atoms with van der Waals surface area (Å²) in [4.78, 5) is 30.0. The van der Waals surface area contributed by atoms with Crippen molar-refractivity contribution in [3.8, 4) is 0 Å². The molecule has 0 unspecified atom stereocenters. The smallest absolute Gasteiger partial charge is 0.254 e. The number of piperazine rings is 1. The molecule has 8 nitrogen and oxygen atoms in total. The number of aliphatic imine (C=N–C) groups is 1. The lowest BCUT2D eigenvalue weighted by Crippen LogP contribution is -2.49. The quantitative estimate of drug-likeness (QED) is 0.346. The number of carbonyl (C=O) groups is 2. The fourth-order valence-corrected chi connectivity index (χ4v) is 2.68. The predicted octanol–water partition coefficient (Wildman–Crippen LogP) is 0.350. The number of nitrogens with one attached hydrogen (secondary N) is 3. The Kier molecular flexibility index (Phi) is 8.57. The Labute approximate surface area is 160 Å². The molecule has 1 heterocycles. The first kappa shape index (κ1) is 20.7. The Morgan fingerprint density at radius 1 is 1.30 bits per heavy atom. The summed E-state index contributed by atoms with van der Waals surface area (Å²) in [5, 5.41) is 9.19. The number of benzene rings is 1. The highest BCUT2D eigenvalue weighted by atomic mass is 16.5. The molecule has 8 heteroatoms. The molecule has 1 aliphatic heterocycles. The maximum Gasteiger partial charge on any atom is 0.254 e. The molecule has 27 heavy (non-hydrogen) atoms. The van der Waals surface area contributed by atoms with Crippen LogP contribution in [-0.2, 0) is 16.1 Å². The monoisotopic (exact) mass is 375 g/mol. The summed E-state index contributed by atoms with van der Waals surface area (Å²) in [6, 6.07) is 7.38. The van der Waals surface area contributed by atoms with Crippen molar-refractivity contribution in [1.82, 2.24) is 20.9 Å². The van der Waals surface area contributed by atoms with Gasteiger partial charge in [-0.2, -0.15) is 0 Å². The average Bonchev–Trinajstić information content (AvgIpc) is 2.69. The van der Waals surface area contributed by atoms with Crippen molar-refractivity contribution in [3.05, 3.63) is 35.4 Å². The van der Waals surface area contributed by atoms with Crippen LogP contribution in [0.3, 0.4) is 0 Å². The van der Waals surface area contributed by atoms with Crippen LogP contribution >= 0.6 is 0 Å². The third kappa shape index (κ3) is 6.90. The SMILES string of the molecule is CCNC(=NCc1ccc(C(=O)N2CCNC(=O)C2)cc1)NCCCOC. The van der Waals surface area contributed by atoms with Gasteiger partial charge < -0.3 is 25.6 Å². The maximum absolute atomic E-state index is 12.5. The summed E-state index contributed by atoms with van der Waals surface area (Å²) in [6.45, 7) is 5.98. The molecule has 0 aromatic heterocycles. The lowest BCUT2D eigenvalue weighted by atomic mass is 10.1. The van der Waals surface area contributed by atoms with E-state index in [9.17, 15) is 9.59 Å². The van der Waals surface area contributed by atoms with Gasteiger partial charge in [-0.1, -0.05) is 12.1 Å². The van der Waals surface area contributed by atoms with E-state index in [2.05, 4.69) is 20.9 Å². The lowest BCUT2D eigenvalue weighted by molar-refractivity contribution is -0.123. The van der Waals surface area contributed by atoms with Gasteiger partial charge in [0.25, 0.3) is 5.91 Å². The van der Waals surface area contributed by atoms with Crippen molar-refractivity contribution in [2.24, 2.45) is 4.99 Å². The zero-order valence-corrected chi connectivity index (χ0v) is 16.1. The molecule has 0 aliphatic carbocycles. The molecular weight excluding hydrogens is 346 g/mol. The summed E-state index contributed by atoms with van der Waals surface area (Å²) in [5.74, 6) is 0.524. The van der Waals surface area contributed by atoms with E-state index in [1.54, 1.807) is 24.1 Å². The molecule has 1 saturated heterocycles. The Balaban J connectivity index is 1.91. The largest absolute Gasteiger partial charge is 0.385 e. The van der Waals surface area contributed by atoms with Gasteiger partial charge in [0.2, 0.25) is 5.91 Å². The van der Waals surface area contributed by atoms with Crippen LogP contribution in [0.4, 0.5) is 0 Å². The van der Waals surface area contributed by atoms with Crippen LogP contribution in [0.25, 0.3) is 0 Å². The van der Waals surface area contributed by atoms with Gasteiger partial charge in [0.15, 0.2) is 5.96 Å². The minimum Gasteiger partial charge on any atom is -0.385 e. The molecule has 0 saturated carbocycles. The number of ether oxygens (including phenoxy) is 1. The Hall–Kier alpha value is -2.61. The van der Waals surface area contributed by atoms with E-state index in [1.807, 2.05) is 19.1 Å². The van der Waals surface area contributed by atoms with E-state index < -0.39 is 0 Å². The number of nitrogens with zero attached hydrogens (tertiary/aromatic N) is 2. The number of rotatable bonds is 8. The van der Waals surface area contributed by atoms with Crippen molar-refractivity contribution >= 4 is 17.8 Å². The highest BCUT2D eigenvalue weighted by Gasteiger charge is 2.21. The third-order valence-corrected chi connectivity index (χ3v) is 4.11. The van der Waals surface area contributed by atoms with Gasteiger partial charge in [-0.15, -0.1) is 0 Å². The normalized spacial score (nSPS) is 14.7. The van der Waals surface area contributed by atoms with Crippen molar-refractivity contribution in [3.63, 3.8) is 0 Å². The van der Waals surface area contributed by atoms with Gasteiger partial charge in [0.05, 0.1) is 13.1 Å². The van der Waals surface area contributed by atoms with Crippen LogP contribution in [0.1, 0.15) is 29.3 Å². The number of guanidine groups is 1. The minimum atomic E-state index is -0.118. The van der Waals surface area contributed by atoms with Crippen LogP contribution in [0.2, 0.25) is 0 Å². The molecule has 2 amide bonds. The molecule has 0 bridgehead atoms. The summed E-state index contributed by atoms with van der Waals surface area (Å²) in [6.07, 6.45) is 0.909. The number of carbonyl (C=O) groups excluding carboxylic acids is 2. The molecule has 1 aromatic rings. The van der Waals surface area contributed by atoms with Crippen molar-refractivity contribution in [2.75, 3.05) is 46.4 Å². The second-order valence-electron chi connectivity index (χ2n) is 6.24. The van der Waals surface area contributed by atoms with Gasteiger partial charge >= 0.3 is 0 Å². The van der Waals surface area contributed by atoms with E-state index in [1.165, 1.54) is 0 Å². The zero-order chi connectivity index (χ0) is 19.5. The average molecular weight is 375 g/mol. The molecule has 1 aromatic carbocycles. The number of hydrogen-bond acceptors (Lipinski definition) is 4. The standard InChI is InChI=1S/C19H29N5O3/c1-3-20-19(22-9-4-12-27-2)23-13-15-5-7-16(8-6-15)18(26)24-11-10-21-17(25)14-24/h5-8H,3-4,9-14H2,1-2H3,(H,21,25)(H2,20,22,23). The fraction of sp³-hybridized carbons (Fsp3) is 0.526. The maximum atomic E-state index is 12.5. The molecular formula is C19H29N5O3. The van der Waals surface area contributed by atoms with E-state index in [0.717, 1.165) is 31.0 Å². The second-order valence-corrected chi connectivity index (χ2v) is 6.24. The van der Waals surface area contributed by atoms with Crippen molar-refractivity contribution in [2.45, 2.75) is 19.9 Å². The van der Waals surface area contributed by atoms with Gasteiger partial charge in [0, 0.05) is 45.5 Å². The topological polar surface area (TPSA) is 95.1 Å². The Morgan fingerprint density at radius 3 is 2.74 bits per heavy atom. The minimum absolute atomic E-state index is 0.116. The highest BCUT2D eigenvalue weighted by molar-refractivity contribution is 5.97. The number of amides is 2. The first-order valence-electron chi connectivity index (χ1n) is 9.30. The number of hydrogen-bond donors (Lipinski definition) is 3. The fourth-order valence-electron chi connectivity index (χ4n) is 2.68. The highest BCUT2D eigenvalue weighted by Crippen LogP contribution is 2.09. The van der Waals surface area contributed by atoms with E-state index >= 15 is 0 Å². The van der Waals surface area contributed by atoms with Crippen molar-refractivity contribution < 1.29 is 14.3 Å². The zero-order valence-electron chi connectivity index (χ0n) is 16.1. The predicted molar refractivity (Wildman–Crippen MR) is 105 cm³/mol. The Bertz CT molecular complexity index is 645. The van der Waals surface area contributed by atoms with Crippen LogP contribution in [0.15, 0.2) is 29.3 Å². The first-order valence-corrected chi connectivity index (χ1v) is 9.30. The van der Waals surface area contributed by atoms with Crippen LogP contribution in [0.5, 0.6) is 0 Å². The number of methoxy groups -OCH3 is 1. The molecule has 3 N–H and O–H groups in total. The summed E-state index contributed by atoms with van der Waals surface area (Å²) in [7, 11) is 1.69. The third-order valence-electron chi connectivity index (χ3n) is 4.11. The summed E-state index contributed by atoms with van der Waals surface area (Å²) >= 11 is 0. The van der Waals surface area contributed by atoms with E-state index in [4.69, 9.17) is 4.74 Å². The van der Waals surface area contributed by atoms with Crippen molar-refractivity contribution in [1.29, 1.82) is 0 Å². The molecule has 1 fully saturated rings. The first-order chi connectivity index (χ1) is 13.1. The molecule has 0 radical (unpaired) electrons. The lowest BCUT2D eigenvalue weighted by Gasteiger charge is -2.26. The summed E-state index contributed by atoms with van der Waals surface area (Å²) < 4.78 is 5.04. The molecule has 148 valence electrons. The van der Waals surface area contributed by atoms with Gasteiger partial charge in [-0.25, -0.2) is 4.99 Å². The van der Waals surface area contributed by atoms with Gasteiger partial charge in [0.1, 0.15) is 0 Å². The van der Waals surface area contributed by atoms with Crippen LogP contribution in [-0.4, -0.2) is 69.1 Å². The van der Waals surface area contributed by atoms with Gasteiger partial charge in [-0.05, 0) is 31.0 Å². The molecule has 0 atom stereocenters. The summed E-state index contributed by atoms with van der Waals surface area (Å²) in [5.41, 5.74) is 1.60. The van der Waals surface area contributed by atoms with Crippen LogP contribution < -0.4 is 16.0 Å². The molecule has 2 rings (SSSR count). The second kappa shape index (κ2) is 11.2.